The molecule has 4 heterocycles. The van der Waals surface area contributed by atoms with Crippen LogP contribution >= 0.6 is 0 Å². The second-order valence-corrected chi connectivity index (χ2v) is 5.78. The van der Waals surface area contributed by atoms with Gasteiger partial charge < -0.3 is 19.1 Å². The number of hydrogen-bond acceptors (Lipinski definition) is 7. The molecule has 0 amide bonds. The molecule has 2 aliphatic rings. The van der Waals surface area contributed by atoms with Gasteiger partial charge in [0.05, 0.1) is 31.9 Å². The largest absolute Gasteiger partial charge is 0.467 e. The number of methoxy groups -OCH3 is 1. The smallest absolute Gasteiger partial charge is 0.320 e. The average molecular weight is 319 g/mol. The fraction of sp³-hybridized carbons (Fsp3) is 0.667. The van der Waals surface area contributed by atoms with Crippen molar-refractivity contribution in [3.05, 3.63) is 6.20 Å². The Kier molecular flexibility index (Phi) is 4.00. The van der Waals surface area contributed by atoms with Gasteiger partial charge in [-0.15, -0.1) is 0 Å². The lowest BCUT2D eigenvalue weighted by molar-refractivity contribution is -0.0370. The molecule has 0 radical (unpaired) electrons. The van der Waals surface area contributed by atoms with Crippen LogP contribution in [0.4, 0.5) is 5.82 Å². The molecule has 2 fully saturated rings. The van der Waals surface area contributed by atoms with Gasteiger partial charge in [-0.1, -0.05) is 0 Å². The normalized spacial score (nSPS) is 22.5. The molecule has 2 aromatic heterocycles. The lowest BCUT2D eigenvalue weighted by Gasteiger charge is -2.28. The Morgan fingerprint density at radius 1 is 1.17 bits per heavy atom. The summed E-state index contributed by atoms with van der Waals surface area (Å²) < 4.78 is 18.5. The van der Waals surface area contributed by atoms with Crippen LogP contribution in [0.5, 0.6) is 6.01 Å². The highest BCUT2D eigenvalue weighted by Gasteiger charge is 2.24. The van der Waals surface area contributed by atoms with Crippen LogP contribution in [0, 0.1) is 0 Å². The third-order valence-electron chi connectivity index (χ3n) is 4.33. The van der Waals surface area contributed by atoms with Gasteiger partial charge in [-0.3, -0.25) is 0 Å². The second kappa shape index (κ2) is 6.29. The zero-order valence-electron chi connectivity index (χ0n) is 13.3. The van der Waals surface area contributed by atoms with Gasteiger partial charge in [0.15, 0.2) is 11.9 Å². The van der Waals surface area contributed by atoms with Crippen molar-refractivity contribution in [2.75, 3.05) is 44.9 Å². The van der Waals surface area contributed by atoms with E-state index in [2.05, 4.69) is 20.0 Å². The summed E-state index contributed by atoms with van der Waals surface area (Å²) in [5.74, 6) is 0.859. The maximum atomic E-state index is 5.85. The molecule has 2 saturated heterocycles. The van der Waals surface area contributed by atoms with Gasteiger partial charge in [-0.25, -0.2) is 4.68 Å². The standard InChI is InChI=1S/C15H21N5O3/c1-21-15-17-13(19-5-8-22-9-6-19)11-10-16-20(14(11)18-15)12-4-2-3-7-23-12/h10,12H,2-9H2,1H3. The van der Waals surface area contributed by atoms with E-state index >= 15 is 0 Å². The van der Waals surface area contributed by atoms with E-state index in [1.54, 1.807) is 7.11 Å². The molecule has 1 unspecified atom stereocenters. The predicted octanol–water partition coefficient (Wildman–Crippen LogP) is 1.37. The number of nitrogens with zero attached hydrogens (tertiary/aromatic N) is 5. The van der Waals surface area contributed by atoms with Crippen molar-refractivity contribution in [3.63, 3.8) is 0 Å². The number of morpholine rings is 1. The van der Waals surface area contributed by atoms with Gasteiger partial charge >= 0.3 is 6.01 Å². The maximum Gasteiger partial charge on any atom is 0.320 e. The zero-order valence-corrected chi connectivity index (χ0v) is 13.3. The van der Waals surface area contributed by atoms with Crippen LogP contribution in [0.15, 0.2) is 6.20 Å². The van der Waals surface area contributed by atoms with Gasteiger partial charge in [-0.2, -0.15) is 15.1 Å². The first-order valence-electron chi connectivity index (χ1n) is 8.10. The van der Waals surface area contributed by atoms with Gasteiger partial charge in [0.1, 0.15) is 5.82 Å². The van der Waals surface area contributed by atoms with Crippen molar-refractivity contribution in [3.8, 4) is 6.01 Å². The molecule has 2 aromatic rings. The Morgan fingerprint density at radius 2 is 2.04 bits per heavy atom. The van der Waals surface area contributed by atoms with Crippen molar-refractivity contribution in [2.24, 2.45) is 0 Å². The molecule has 8 nitrogen and oxygen atoms in total. The number of fused-ring (bicyclic) bond motifs is 1. The quantitative estimate of drug-likeness (QED) is 0.846. The van der Waals surface area contributed by atoms with Gasteiger partial charge in [-0.05, 0) is 19.3 Å². The van der Waals surface area contributed by atoms with Crippen LogP contribution in [-0.4, -0.2) is 59.8 Å². The monoisotopic (exact) mass is 319 g/mol. The summed E-state index contributed by atoms with van der Waals surface area (Å²) in [4.78, 5) is 11.3. The summed E-state index contributed by atoms with van der Waals surface area (Å²) in [6.07, 6.45) is 4.98. The Bertz CT molecular complexity index is 677. The maximum absolute atomic E-state index is 5.85. The van der Waals surface area contributed by atoms with Crippen LogP contribution in [0.1, 0.15) is 25.5 Å². The van der Waals surface area contributed by atoms with Crippen molar-refractivity contribution in [1.29, 1.82) is 0 Å². The predicted molar refractivity (Wildman–Crippen MR) is 83.7 cm³/mol. The first kappa shape index (κ1) is 14.6. The molecule has 124 valence electrons. The lowest BCUT2D eigenvalue weighted by Crippen LogP contribution is -2.37. The van der Waals surface area contributed by atoms with E-state index in [0.29, 0.717) is 19.2 Å². The van der Waals surface area contributed by atoms with Crippen LogP contribution < -0.4 is 9.64 Å². The Labute approximate surface area is 134 Å². The zero-order chi connectivity index (χ0) is 15.6. The van der Waals surface area contributed by atoms with E-state index in [-0.39, 0.29) is 6.23 Å². The molecule has 0 spiro atoms. The molecule has 8 heteroatoms. The molecular weight excluding hydrogens is 298 g/mol. The molecular formula is C15H21N5O3. The van der Waals surface area contributed by atoms with E-state index in [0.717, 1.165) is 55.8 Å². The fourth-order valence-corrected chi connectivity index (χ4v) is 3.13. The summed E-state index contributed by atoms with van der Waals surface area (Å²) in [5.41, 5.74) is 0.769. The number of hydrogen-bond donors (Lipinski definition) is 0. The third-order valence-corrected chi connectivity index (χ3v) is 4.33. The number of anilines is 1. The summed E-state index contributed by atoms with van der Waals surface area (Å²) >= 11 is 0. The van der Waals surface area contributed by atoms with Crippen LogP contribution in [-0.2, 0) is 9.47 Å². The summed E-state index contributed by atoms with van der Waals surface area (Å²) in [5, 5.41) is 5.46. The van der Waals surface area contributed by atoms with Gasteiger partial charge in [0, 0.05) is 19.7 Å². The van der Waals surface area contributed by atoms with Crippen molar-refractivity contribution in [1.82, 2.24) is 19.7 Å². The molecule has 0 aliphatic carbocycles. The number of aromatic nitrogens is 4. The van der Waals surface area contributed by atoms with Gasteiger partial charge in [0.25, 0.3) is 0 Å². The summed E-state index contributed by atoms with van der Waals surface area (Å²) in [7, 11) is 1.59. The minimum atomic E-state index is -0.0570. The molecule has 0 N–H and O–H groups in total. The first-order chi connectivity index (χ1) is 11.4. The SMILES string of the molecule is COc1nc(N2CCOCC2)c2cnn(C3CCCCO3)c2n1. The highest BCUT2D eigenvalue weighted by molar-refractivity contribution is 5.87. The van der Waals surface area contributed by atoms with Crippen molar-refractivity contribution in [2.45, 2.75) is 25.5 Å². The first-order valence-corrected chi connectivity index (χ1v) is 8.10. The molecule has 2 aliphatic heterocycles. The highest BCUT2D eigenvalue weighted by atomic mass is 16.5. The molecule has 1 atom stereocenters. The number of ether oxygens (including phenoxy) is 3. The van der Waals surface area contributed by atoms with E-state index in [9.17, 15) is 0 Å². The lowest BCUT2D eigenvalue weighted by atomic mass is 10.2. The Morgan fingerprint density at radius 3 is 2.78 bits per heavy atom. The topological polar surface area (TPSA) is 74.5 Å². The molecule has 23 heavy (non-hydrogen) atoms. The third kappa shape index (κ3) is 2.72. The van der Waals surface area contributed by atoms with E-state index in [1.807, 2.05) is 10.9 Å². The summed E-state index contributed by atoms with van der Waals surface area (Å²) in [6, 6.07) is 0.358. The van der Waals surface area contributed by atoms with Crippen molar-refractivity contribution >= 4 is 16.9 Å². The minimum absolute atomic E-state index is 0.0570. The van der Waals surface area contributed by atoms with E-state index in [4.69, 9.17) is 14.2 Å². The minimum Gasteiger partial charge on any atom is -0.467 e. The van der Waals surface area contributed by atoms with Crippen LogP contribution in [0.25, 0.3) is 11.0 Å². The fourth-order valence-electron chi connectivity index (χ4n) is 3.13. The number of rotatable bonds is 3. The molecule has 0 saturated carbocycles. The van der Waals surface area contributed by atoms with Crippen molar-refractivity contribution < 1.29 is 14.2 Å². The molecule has 0 aromatic carbocycles. The highest BCUT2D eigenvalue weighted by Crippen LogP contribution is 2.30. The van der Waals surface area contributed by atoms with E-state index < -0.39 is 0 Å². The van der Waals surface area contributed by atoms with Gasteiger partial charge in [0.2, 0.25) is 0 Å². The second-order valence-electron chi connectivity index (χ2n) is 5.78. The van der Waals surface area contributed by atoms with E-state index in [1.165, 1.54) is 0 Å². The molecule has 4 rings (SSSR count). The van der Waals surface area contributed by atoms with Crippen LogP contribution in [0.2, 0.25) is 0 Å². The average Bonchev–Trinajstić information content (AvgIpc) is 3.06. The molecule has 0 bridgehead atoms. The Hall–Kier alpha value is -1.93. The summed E-state index contributed by atoms with van der Waals surface area (Å²) in [6.45, 7) is 3.78. The van der Waals surface area contributed by atoms with Crippen LogP contribution in [0.3, 0.4) is 0 Å². The Balaban J connectivity index is 1.78.